The normalized spacial score (nSPS) is 38.7. The molecular formula is C29H48O4. The molecule has 2 fully saturated rings. The van der Waals surface area contributed by atoms with Crippen LogP contribution in [-0.2, 0) is 9.53 Å². The Morgan fingerprint density at radius 1 is 1.00 bits per heavy atom. The van der Waals surface area contributed by atoms with E-state index in [-0.39, 0.29) is 29.3 Å². The number of aliphatic hydroxyl groups excluding tert-OH is 2. The lowest BCUT2D eigenvalue weighted by Crippen LogP contribution is -2.48. The second-order valence-corrected chi connectivity index (χ2v) is 12.6. The smallest absolute Gasteiger partial charge is 0.314 e. The fourth-order valence-electron chi connectivity index (χ4n) is 8.37. The third-order valence-electron chi connectivity index (χ3n) is 10.6. The van der Waals surface area contributed by atoms with Gasteiger partial charge < -0.3 is 14.9 Å². The monoisotopic (exact) mass is 460 g/mol. The van der Waals surface area contributed by atoms with Crippen molar-refractivity contribution in [2.45, 2.75) is 117 Å². The molecule has 4 heteroatoms. The number of hydrogen-bond acceptors (Lipinski definition) is 4. The number of esters is 1. The number of fused-ring (bicyclic) bond motifs is 4. The number of carbonyl (C=O) groups is 1. The van der Waals surface area contributed by atoms with Crippen molar-refractivity contribution in [1.82, 2.24) is 0 Å². The molecule has 4 nitrogen and oxygen atoms in total. The van der Waals surface area contributed by atoms with Gasteiger partial charge in [-0.05, 0) is 80.1 Å². The Bertz CT molecular complexity index is 744. The van der Waals surface area contributed by atoms with Gasteiger partial charge in [-0.3, -0.25) is 4.79 Å². The van der Waals surface area contributed by atoms with E-state index in [9.17, 15) is 9.90 Å². The molecule has 2 N–H and O–H groups in total. The highest BCUT2D eigenvalue weighted by molar-refractivity contribution is 5.77. The first-order valence-corrected chi connectivity index (χ1v) is 13.9. The fraction of sp³-hybridized carbons (Fsp3) is 0.897. The molecule has 0 spiro atoms. The lowest BCUT2D eigenvalue weighted by molar-refractivity contribution is -0.156. The van der Waals surface area contributed by atoms with Crippen LogP contribution in [0.3, 0.4) is 0 Å². The zero-order valence-corrected chi connectivity index (χ0v) is 21.6. The molecule has 4 aliphatic rings. The van der Waals surface area contributed by atoms with Gasteiger partial charge in [0.05, 0.1) is 18.6 Å². The quantitative estimate of drug-likeness (QED) is 0.391. The number of carbonyl (C=O) groups excluding carboxylic acids is 1. The molecule has 0 saturated heterocycles. The molecule has 0 aromatic heterocycles. The van der Waals surface area contributed by atoms with Crippen LogP contribution >= 0.6 is 0 Å². The van der Waals surface area contributed by atoms with E-state index in [1.54, 1.807) is 0 Å². The van der Waals surface area contributed by atoms with E-state index in [4.69, 9.17) is 9.84 Å². The van der Waals surface area contributed by atoms with Gasteiger partial charge in [-0.1, -0.05) is 59.8 Å². The summed E-state index contributed by atoms with van der Waals surface area (Å²) >= 11 is 0. The summed E-state index contributed by atoms with van der Waals surface area (Å²) < 4.78 is 6.20. The molecule has 1 aliphatic heterocycles. The standard InChI is InChI=1S/C29H48O4/c1-19(11-12-21(31)18-30)8-7-9-20(2)22-13-14-23-26-24(15-17-29(22,23)4)28(3)16-6-5-10-25(28)27(32)33-26/h19-23,25,30-31H,5-18H2,1-4H3/t19?,20-,21?,22-,23+,25?,28-,29-/m1/s1. The lowest BCUT2D eigenvalue weighted by Gasteiger charge is -2.52. The Morgan fingerprint density at radius 3 is 2.55 bits per heavy atom. The molecule has 0 amide bonds. The maximum absolute atomic E-state index is 13.0. The van der Waals surface area contributed by atoms with Gasteiger partial charge in [-0.15, -0.1) is 0 Å². The predicted molar refractivity (Wildman–Crippen MR) is 131 cm³/mol. The second-order valence-electron chi connectivity index (χ2n) is 12.6. The zero-order chi connectivity index (χ0) is 23.8. The largest absolute Gasteiger partial charge is 0.431 e. The molecule has 8 atom stereocenters. The molecule has 3 unspecified atom stereocenters. The van der Waals surface area contributed by atoms with Crippen LogP contribution in [0.25, 0.3) is 0 Å². The molecule has 0 aromatic carbocycles. The van der Waals surface area contributed by atoms with Crippen molar-refractivity contribution in [3.8, 4) is 0 Å². The molecular weight excluding hydrogens is 412 g/mol. The van der Waals surface area contributed by atoms with E-state index in [1.165, 1.54) is 56.9 Å². The summed E-state index contributed by atoms with van der Waals surface area (Å²) in [6.07, 6.45) is 14.2. The minimum absolute atomic E-state index is 0.0493. The molecule has 4 rings (SSSR count). The van der Waals surface area contributed by atoms with E-state index < -0.39 is 6.10 Å². The second kappa shape index (κ2) is 10.0. The SMILES string of the molecule is CC(CCC[C@@H](C)[C@H]1CC[C@H]2C3=C(CC[C@]12C)[C@@]1(C)CCCCC1C(=O)O3)CCC(O)CO. The number of aliphatic hydroxyl groups is 2. The Morgan fingerprint density at radius 2 is 1.79 bits per heavy atom. The molecule has 3 aliphatic carbocycles. The van der Waals surface area contributed by atoms with Crippen molar-refractivity contribution in [1.29, 1.82) is 0 Å². The van der Waals surface area contributed by atoms with Crippen LogP contribution in [0, 0.1) is 40.4 Å². The van der Waals surface area contributed by atoms with E-state index in [1.807, 2.05) is 0 Å². The Balaban J connectivity index is 1.39. The highest BCUT2D eigenvalue weighted by Gasteiger charge is 2.58. The average Bonchev–Trinajstić information content (AvgIpc) is 3.15. The van der Waals surface area contributed by atoms with Gasteiger partial charge in [0.15, 0.2) is 0 Å². The molecule has 1 heterocycles. The molecule has 188 valence electrons. The summed E-state index contributed by atoms with van der Waals surface area (Å²) in [6, 6.07) is 0. The van der Waals surface area contributed by atoms with Gasteiger partial charge >= 0.3 is 5.97 Å². The Labute approximate surface area is 201 Å². The zero-order valence-electron chi connectivity index (χ0n) is 21.6. The topological polar surface area (TPSA) is 66.8 Å². The summed E-state index contributed by atoms with van der Waals surface area (Å²) in [5.74, 6) is 3.69. The first kappa shape index (κ1) is 25.2. The van der Waals surface area contributed by atoms with E-state index in [2.05, 4.69) is 27.7 Å². The third-order valence-corrected chi connectivity index (χ3v) is 10.6. The number of allylic oxidation sites excluding steroid dienone is 2. The van der Waals surface area contributed by atoms with E-state index in [0.717, 1.165) is 31.4 Å². The van der Waals surface area contributed by atoms with Gasteiger partial charge in [-0.2, -0.15) is 0 Å². The lowest BCUT2D eigenvalue weighted by atomic mass is 9.55. The minimum atomic E-state index is -0.563. The van der Waals surface area contributed by atoms with Gasteiger partial charge in [0, 0.05) is 11.3 Å². The van der Waals surface area contributed by atoms with Gasteiger partial charge in [0.25, 0.3) is 0 Å². The molecule has 0 aromatic rings. The van der Waals surface area contributed by atoms with Crippen LogP contribution < -0.4 is 0 Å². The minimum Gasteiger partial charge on any atom is -0.431 e. The van der Waals surface area contributed by atoms with Crippen molar-refractivity contribution in [2.75, 3.05) is 6.61 Å². The maximum atomic E-state index is 13.0. The van der Waals surface area contributed by atoms with E-state index >= 15 is 0 Å². The summed E-state index contributed by atoms with van der Waals surface area (Å²) in [7, 11) is 0. The molecule has 2 saturated carbocycles. The highest BCUT2D eigenvalue weighted by Crippen LogP contribution is 2.64. The summed E-state index contributed by atoms with van der Waals surface area (Å²) in [4.78, 5) is 13.0. The molecule has 33 heavy (non-hydrogen) atoms. The Kier molecular flexibility index (Phi) is 7.65. The first-order chi connectivity index (χ1) is 15.7. The predicted octanol–water partition coefficient (Wildman–Crippen LogP) is 6.40. The third kappa shape index (κ3) is 4.68. The van der Waals surface area contributed by atoms with Crippen LogP contribution in [0.1, 0.15) is 111 Å². The van der Waals surface area contributed by atoms with Gasteiger partial charge in [0.1, 0.15) is 5.76 Å². The van der Waals surface area contributed by atoms with Crippen molar-refractivity contribution in [3.63, 3.8) is 0 Å². The van der Waals surface area contributed by atoms with Crippen molar-refractivity contribution < 1.29 is 19.7 Å². The molecule has 0 bridgehead atoms. The van der Waals surface area contributed by atoms with Gasteiger partial charge in [0.2, 0.25) is 0 Å². The Hall–Kier alpha value is -0.870. The van der Waals surface area contributed by atoms with E-state index in [0.29, 0.717) is 30.1 Å². The number of rotatable bonds is 9. The summed E-state index contributed by atoms with van der Waals surface area (Å²) in [5, 5.41) is 18.6. The molecule has 0 radical (unpaired) electrons. The van der Waals surface area contributed by atoms with Crippen molar-refractivity contribution >= 4 is 5.97 Å². The number of ether oxygens (including phenoxy) is 1. The van der Waals surface area contributed by atoms with Crippen LogP contribution in [-0.4, -0.2) is 28.9 Å². The van der Waals surface area contributed by atoms with Crippen molar-refractivity contribution in [3.05, 3.63) is 11.3 Å². The van der Waals surface area contributed by atoms with Crippen LogP contribution in [0.2, 0.25) is 0 Å². The van der Waals surface area contributed by atoms with Crippen LogP contribution in [0.15, 0.2) is 11.3 Å². The van der Waals surface area contributed by atoms with Crippen LogP contribution in [0.5, 0.6) is 0 Å². The average molecular weight is 461 g/mol. The first-order valence-electron chi connectivity index (χ1n) is 13.9. The van der Waals surface area contributed by atoms with Crippen LogP contribution in [0.4, 0.5) is 0 Å². The van der Waals surface area contributed by atoms with Crippen molar-refractivity contribution in [2.24, 2.45) is 40.4 Å². The number of hydrogen-bond donors (Lipinski definition) is 2. The highest BCUT2D eigenvalue weighted by atomic mass is 16.5. The maximum Gasteiger partial charge on any atom is 0.314 e. The fourth-order valence-corrected chi connectivity index (χ4v) is 8.37. The summed E-state index contributed by atoms with van der Waals surface area (Å²) in [5.41, 5.74) is 1.82. The van der Waals surface area contributed by atoms with Gasteiger partial charge in [-0.25, -0.2) is 0 Å². The summed E-state index contributed by atoms with van der Waals surface area (Å²) in [6.45, 7) is 9.46.